The van der Waals surface area contributed by atoms with Crippen molar-refractivity contribution in [3.8, 4) is 0 Å². The zero-order valence-corrected chi connectivity index (χ0v) is 8.79. The van der Waals surface area contributed by atoms with Crippen LogP contribution < -0.4 is 0 Å². The van der Waals surface area contributed by atoms with E-state index < -0.39 is 0 Å². The van der Waals surface area contributed by atoms with Gasteiger partial charge in [-0.3, -0.25) is 0 Å². The second kappa shape index (κ2) is 2.60. The molecule has 0 saturated heterocycles. The Labute approximate surface area is 85.1 Å². The quantitative estimate of drug-likeness (QED) is 0.608. The molecule has 74 valence electrons. The number of benzene rings is 1. The van der Waals surface area contributed by atoms with Crippen LogP contribution in [0.5, 0.6) is 0 Å². The fourth-order valence-electron chi connectivity index (χ4n) is 2.73. The molecule has 1 aromatic rings. The first-order valence-electron chi connectivity index (χ1n) is 5.47. The predicted molar refractivity (Wildman–Crippen MR) is 56.3 cm³/mol. The molecule has 14 heavy (non-hydrogen) atoms. The van der Waals surface area contributed by atoms with E-state index in [1.54, 1.807) is 0 Å². The van der Waals surface area contributed by atoms with E-state index in [1.165, 1.54) is 17.5 Å². The van der Waals surface area contributed by atoms with E-state index in [2.05, 4.69) is 38.1 Å². The zero-order valence-electron chi connectivity index (χ0n) is 8.79. The van der Waals surface area contributed by atoms with Gasteiger partial charge in [0.15, 0.2) is 0 Å². The van der Waals surface area contributed by atoms with Crippen LogP contribution in [0.1, 0.15) is 37.3 Å². The van der Waals surface area contributed by atoms with Gasteiger partial charge in [-0.2, -0.15) is 0 Å². The Morgan fingerprint density at radius 3 is 2.71 bits per heavy atom. The van der Waals surface area contributed by atoms with E-state index >= 15 is 0 Å². The van der Waals surface area contributed by atoms with Crippen molar-refractivity contribution in [2.24, 2.45) is 5.92 Å². The number of hydrogen-bond acceptors (Lipinski definition) is 1. The lowest BCUT2D eigenvalue weighted by Gasteiger charge is -2.31. The molecule has 1 aliphatic heterocycles. The second-order valence-electron chi connectivity index (χ2n) is 4.79. The molecule has 1 saturated carbocycles. The lowest BCUT2D eigenvalue weighted by molar-refractivity contribution is -0.00169. The molecule has 1 heteroatoms. The minimum Gasteiger partial charge on any atom is -0.369 e. The summed E-state index contributed by atoms with van der Waals surface area (Å²) in [5.74, 6) is 1.26. The Balaban J connectivity index is 2.14. The van der Waals surface area contributed by atoms with Gasteiger partial charge in [0.1, 0.15) is 0 Å². The van der Waals surface area contributed by atoms with Crippen molar-refractivity contribution in [1.29, 1.82) is 0 Å². The first-order valence-corrected chi connectivity index (χ1v) is 5.47. The van der Waals surface area contributed by atoms with E-state index in [0.29, 0.717) is 11.8 Å². The highest BCUT2D eigenvalue weighted by molar-refractivity contribution is 5.41. The van der Waals surface area contributed by atoms with Crippen molar-refractivity contribution in [2.75, 3.05) is 6.61 Å². The van der Waals surface area contributed by atoms with E-state index in [0.717, 1.165) is 6.61 Å². The third-order valence-corrected chi connectivity index (χ3v) is 3.78. The van der Waals surface area contributed by atoms with Crippen molar-refractivity contribution in [2.45, 2.75) is 31.8 Å². The molecule has 3 unspecified atom stereocenters. The molecule has 1 nitrogen and oxygen atoms in total. The fraction of sp³-hybridized carbons (Fsp3) is 0.538. The average Bonchev–Trinajstić information content (AvgIpc) is 2.86. The number of fused-ring (bicyclic) bond motifs is 2. The minimum absolute atomic E-state index is 0.100. The summed E-state index contributed by atoms with van der Waals surface area (Å²) in [6.07, 6.45) is 1.21. The van der Waals surface area contributed by atoms with E-state index in [9.17, 15) is 0 Å². The fourth-order valence-corrected chi connectivity index (χ4v) is 2.73. The van der Waals surface area contributed by atoms with Gasteiger partial charge in [-0.1, -0.05) is 38.1 Å². The maximum Gasteiger partial charge on any atom is 0.0964 e. The molecular formula is C13H16O. The zero-order chi connectivity index (χ0) is 9.76. The predicted octanol–water partition coefficient (Wildman–Crippen LogP) is 3.06. The van der Waals surface area contributed by atoms with Crippen LogP contribution in [0.15, 0.2) is 24.3 Å². The second-order valence-corrected chi connectivity index (χ2v) is 4.79. The summed E-state index contributed by atoms with van der Waals surface area (Å²) in [4.78, 5) is 0. The molecule has 0 radical (unpaired) electrons. The average molecular weight is 188 g/mol. The van der Waals surface area contributed by atoms with Crippen LogP contribution in [-0.2, 0) is 10.3 Å². The standard InChI is InChI=1S/C13H16O/c1-9-8-14-13(7-10(13)2)12-6-4-3-5-11(9)12/h3-6,9-10H,7-8H2,1-2H3. The maximum atomic E-state index is 6.03. The highest BCUT2D eigenvalue weighted by Gasteiger charge is 2.56. The Bertz CT molecular complexity index is 371. The van der Waals surface area contributed by atoms with Crippen LogP contribution in [0.4, 0.5) is 0 Å². The third kappa shape index (κ3) is 0.936. The summed E-state index contributed by atoms with van der Waals surface area (Å²) in [6, 6.07) is 8.78. The molecule has 1 heterocycles. The highest BCUT2D eigenvalue weighted by atomic mass is 16.5. The molecule has 1 aromatic carbocycles. The normalized spacial score (nSPS) is 39.6. The molecule has 3 atom stereocenters. The van der Waals surface area contributed by atoms with Crippen LogP contribution in [0.2, 0.25) is 0 Å². The Kier molecular flexibility index (Phi) is 1.58. The van der Waals surface area contributed by atoms with Crippen molar-refractivity contribution in [3.05, 3.63) is 35.4 Å². The SMILES string of the molecule is CC1COC2(CC2C)c2ccccc21. The summed E-state index contributed by atoms with van der Waals surface area (Å²) in [5, 5.41) is 0. The number of hydrogen-bond donors (Lipinski definition) is 0. The first-order chi connectivity index (χ1) is 6.74. The van der Waals surface area contributed by atoms with Crippen LogP contribution in [0, 0.1) is 5.92 Å². The molecule has 0 bridgehead atoms. The minimum atomic E-state index is 0.100. The van der Waals surface area contributed by atoms with Gasteiger partial charge in [-0.05, 0) is 23.5 Å². The molecule has 1 fully saturated rings. The maximum absolute atomic E-state index is 6.03. The van der Waals surface area contributed by atoms with Gasteiger partial charge >= 0.3 is 0 Å². The number of ether oxygens (including phenoxy) is 1. The molecular weight excluding hydrogens is 172 g/mol. The van der Waals surface area contributed by atoms with Crippen molar-refractivity contribution in [1.82, 2.24) is 0 Å². The van der Waals surface area contributed by atoms with E-state index in [-0.39, 0.29) is 5.60 Å². The molecule has 1 aliphatic carbocycles. The molecule has 0 N–H and O–H groups in total. The summed E-state index contributed by atoms with van der Waals surface area (Å²) >= 11 is 0. The Morgan fingerprint density at radius 2 is 2.00 bits per heavy atom. The van der Waals surface area contributed by atoms with Crippen molar-refractivity contribution < 1.29 is 4.74 Å². The van der Waals surface area contributed by atoms with Gasteiger partial charge in [0.05, 0.1) is 12.2 Å². The third-order valence-electron chi connectivity index (χ3n) is 3.78. The molecule has 3 rings (SSSR count). The first kappa shape index (κ1) is 8.49. The lowest BCUT2D eigenvalue weighted by atomic mass is 9.88. The summed E-state index contributed by atoms with van der Waals surface area (Å²) in [7, 11) is 0. The molecule has 0 aromatic heterocycles. The van der Waals surface area contributed by atoms with E-state index in [4.69, 9.17) is 4.74 Å². The van der Waals surface area contributed by atoms with E-state index in [1.807, 2.05) is 0 Å². The number of rotatable bonds is 0. The molecule has 2 aliphatic rings. The Hall–Kier alpha value is -0.820. The smallest absolute Gasteiger partial charge is 0.0964 e. The van der Waals surface area contributed by atoms with Gasteiger partial charge < -0.3 is 4.74 Å². The van der Waals surface area contributed by atoms with Gasteiger partial charge in [0.25, 0.3) is 0 Å². The topological polar surface area (TPSA) is 9.23 Å². The largest absolute Gasteiger partial charge is 0.369 e. The summed E-state index contributed by atoms with van der Waals surface area (Å²) in [5.41, 5.74) is 3.05. The van der Waals surface area contributed by atoms with Crippen LogP contribution >= 0.6 is 0 Å². The van der Waals surface area contributed by atoms with Crippen LogP contribution in [0.25, 0.3) is 0 Å². The van der Waals surface area contributed by atoms with Crippen molar-refractivity contribution in [3.63, 3.8) is 0 Å². The van der Waals surface area contributed by atoms with Gasteiger partial charge in [-0.25, -0.2) is 0 Å². The summed E-state index contributed by atoms with van der Waals surface area (Å²) in [6.45, 7) is 5.42. The Morgan fingerprint density at radius 1 is 1.29 bits per heavy atom. The van der Waals surface area contributed by atoms with Crippen molar-refractivity contribution >= 4 is 0 Å². The van der Waals surface area contributed by atoms with Crippen LogP contribution in [0.3, 0.4) is 0 Å². The van der Waals surface area contributed by atoms with Gasteiger partial charge in [0, 0.05) is 5.92 Å². The van der Waals surface area contributed by atoms with Gasteiger partial charge in [-0.15, -0.1) is 0 Å². The lowest BCUT2D eigenvalue weighted by Crippen LogP contribution is -2.26. The molecule has 1 spiro atoms. The summed E-state index contributed by atoms with van der Waals surface area (Å²) < 4.78 is 6.03. The molecule has 0 amide bonds. The highest BCUT2D eigenvalue weighted by Crippen LogP contribution is 2.58. The van der Waals surface area contributed by atoms with Gasteiger partial charge in [0.2, 0.25) is 0 Å². The van der Waals surface area contributed by atoms with Crippen LogP contribution in [-0.4, -0.2) is 6.61 Å². The monoisotopic (exact) mass is 188 g/mol.